The second-order valence-corrected chi connectivity index (χ2v) is 8.76. The van der Waals surface area contributed by atoms with Crippen molar-refractivity contribution in [2.24, 2.45) is 17.8 Å². The summed E-state index contributed by atoms with van der Waals surface area (Å²) < 4.78 is 2.16. The van der Waals surface area contributed by atoms with Crippen molar-refractivity contribution in [1.82, 2.24) is 29.9 Å². The summed E-state index contributed by atoms with van der Waals surface area (Å²) in [5.74, 6) is 3.21. The smallest absolute Gasteiger partial charge is 0.225 e. The van der Waals surface area contributed by atoms with Gasteiger partial charge in [0.1, 0.15) is 0 Å². The number of hydrogen-bond donors (Lipinski definition) is 1. The maximum absolute atomic E-state index is 4.80. The minimum Gasteiger partial charge on any atom is -0.350 e. The van der Waals surface area contributed by atoms with Gasteiger partial charge in [-0.25, -0.2) is 9.67 Å². The molecule has 4 aliphatic carbocycles. The van der Waals surface area contributed by atoms with Gasteiger partial charge in [-0.3, -0.25) is 4.98 Å². The maximum Gasteiger partial charge on any atom is 0.225 e. The van der Waals surface area contributed by atoms with Crippen LogP contribution in [0.4, 0.5) is 5.95 Å². The van der Waals surface area contributed by atoms with E-state index in [9.17, 15) is 0 Å². The fraction of sp³-hybridized carbons (Fsp3) is 0.550. The molecule has 0 atom stereocenters. The van der Waals surface area contributed by atoms with E-state index >= 15 is 0 Å². The highest BCUT2D eigenvalue weighted by atomic mass is 15.5. The molecule has 3 aromatic rings. The molecule has 0 unspecified atom stereocenters. The number of hydrogen-bond acceptors (Lipinski definition) is 6. The number of nitrogens with zero attached hydrogens (tertiary/aromatic N) is 6. The zero-order valence-corrected chi connectivity index (χ0v) is 15.3. The number of aromatic nitrogens is 6. The van der Waals surface area contributed by atoms with Crippen molar-refractivity contribution in [2.45, 2.75) is 50.6 Å². The lowest BCUT2D eigenvalue weighted by atomic mass is 9.53. The topological polar surface area (TPSA) is 81.4 Å². The first-order valence-corrected chi connectivity index (χ1v) is 9.99. The van der Waals surface area contributed by atoms with Crippen molar-refractivity contribution < 1.29 is 0 Å². The molecule has 4 saturated carbocycles. The fourth-order valence-electron chi connectivity index (χ4n) is 6.14. The van der Waals surface area contributed by atoms with Gasteiger partial charge in [0.2, 0.25) is 5.95 Å². The summed E-state index contributed by atoms with van der Waals surface area (Å²) in [5, 5.41) is 12.3. The van der Waals surface area contributed by atoms with Crippen LogP contribution < -0.4 is 5.32 Å². The maximum atomic E-state index is 4.80. The van der Waals surface area contributed by atoms with Crippen LogP contribution in [0, 0.1) is 17.8 Å². The lowest BCUT2D eigenvalue weighted by Crippen LogP contribution is -2.52. The summed E-state index contributed by atoms with van der Waals surface area (Å²) in [6.07, 6.45) is 13.4. The Bertz CT molecular complexity index is 945. The molecule has 7 rings (SSSR count). The van der Waals surface area contributed by atoms with Crippen LogP contribution in [-0.2, 0) is 12.1 Å². The van der Waals surface area contributed by atoms with E-state index < -0.39 is 0 Å². The quantitative estimate of drug-likeness (QED) is 0.769. The Kier molecular flexibility index (Phi) is 3.28. The number of nitrogens with one attached hydrogen (secondary N) is 1. The zero-order chi connectivity index (χ0) is 17.8. The average Bonchev–Trinajstić information content (AvgIpc) is 3.10. The van der Waals surface area contributed by atoms with Gasteiger partial charge in [0.05, 0.1) is 11.7 Å². The van der Waals surface area contributed by atoms with E-state index in [1.54, 1.807) is 12.4 Å². The highest BCUT2D eigenvalue weighted by molar-refractivity contribution is 5.70. The summed E-state index contributed by atoms with van der Waals surface area (Å²) in [4.78, 5) is 13.4. The van der Waals surface area contributed by atoms with E-state index in [0.717, 1.165) is 34.5 Å². The van der Waals surface area contributed by atoms with Crippen LogP contribution >= 0.6 is 0 Å². The molecule has 0 spiro atoms. The molecule has 27 heavy (non-hydrogen) atoms. The van der Waals surface area contributed by atoms with Gasteiger partial charge in [0.25, 0.3) is 0 Å². The third kappa shape index (κ3) is 2.51. The number of anilines is 1. The monoisotopic (exact) mass is 361 g/mol. The van der Waals surface area contributed by atoms with E-state index in [0.29, 0.717) is 12.5 Å². The predicted octanol–water partition coefficient (Wildman–Crippen LogP) is 3.15. The SMILES string of the molecule is c1cncc(CNc2ncc3nnn(C45CC6CC(CC(C6)C4)C5)c3n2)c1. The molecule has 3 aromatic heterocycles. The molecule has 4 aliphatic rings. The van der Waals surface area contributed by atoms with E-state index in [-0.39, 0.29) is 5.54 Å². The molecular formula is C20H23N7. The van der Waals surface area contributed by atoms with Gasteiger partial charge in [0, 0.05) is 18.9 Å². The fourth-order valence-corrected chi connectivity index (χ4v) is 6.14. The molecule has 7 heteroatoms. The molecule has 0 aliphatic heterocycles. The van der Waals surface area contributed by atoms with Crippen LogP contribution in [0.15, 0.2) is 30.7 Å². The third-order valence-corrected chi connectivity index (χ3v) is 6.82. The molecule has 0 aromatic carbocycles. The second kappa shape index (κ2) is 5.71. The standard InChI is InChI=1S/C20H23N7/c1-2-13(10-21-3-1)11-22-19-23-12-17-18(24-19)27(26-25-17)20-7-14-4-15(8-20)6-16(5-14)9-20/h1-3,10,12,14-16H,4-9,11H2,(H,22,23,24). The molecule has 0 amide bonds. The Hall–Kier alpha value is -2.57. The highest BCUT2D eigenvalue weighted by Gasteiger charge is 2.53. The predicted molar refractivity (Wildman–Crippen MR) is 101 cm³/mol. The summed E-state index contributed by atoms with van der Waals surface area (Å²) in [6.45, 7) is 0.651. The van der Waals surface area contributed by atoms with Crippen molar-refractivity contribution >= 4 is 17.1 Å². The summed E-state index contributed by atoms with van der Waals surface area (Å²) >= 11 is 0. The number of pyridine rings is 1. The lowest BCUT2D eigenvalue weighted by Gasteiger charge is -2.56. The lowest BCUT2D eigenvalue weighted by molar-refractivity contribution is -0.0481. The van der Waals surface area contributed by atoms with Gasteiger partial charge in [-0.1, -0.05) is 11.3 Å². The van der Waals surface area contributed by atoms with Crippen LogP contribution in [0.25, 0.3) is 11.2 Å². The molecule has 138 valence electrons. The first-order valence-electron chi connectivity index (χ1n) is 9.99. The van der Waals surface area contributed by atoms with Gasteiger partial charge < -0.3 is 5.32 Å². The minimum absolute atomic E-state index is 0.123. The first-order chi connectivity index (χ1) is 13.3. The van der Waals surface area contributed by atoms with E-state index in [1.807, 2.05) is 18.3 Å². The normalized spacial score (nSPS) is 31.5. The third-order valence-electron chi connectivity index (χ3n) is 6.82. The number of rotatable bonds is 4. The zero-order valence-electron chi connectivity index (χ0n) is 15.3. The Morgan fingerprint density at radius 2 is 1.85 bits per heavy atom. The van der Waals surface area contributed by atoms with E-state index in [2.05, 4.69) is 30.3 Å². The largest absolute Gasteiger partial charge is 0.350 e. The van der Waals surface area contributed by atoms with Crippen molar-refractivity contribution in [1.29, 1.82) is 0 Å². The summed E-state index contributed by atoms with van der Waals surface area (Å²) in [7, 11) is 0. The van der Waals surface area contributed by atoms with Crippen LogP contribution in [-0.4, -0.2) is 29.9 Å². The first kappa shape index (κ1) is 15.5. The number of fused-ring (bicyclic) bond motifs is 1. The molecular weight excluding hydrogens is 338 g/mol. The summed E-state index contributed by atoms with van der Waals surface area (Å²) in [5.41, 5.74) is 2.89. The Morgan fingerprint density at radius 1 is 1.07 bits per heavy atom. The van der Waals surface area contributed by atoms with Gasteiger partial charge in [-0.2, -0.15) is 4.98 Å². The van der Waals surface area contributed by atoms with Crippen LogP contribution in [0.3, 0.4) is 0 Å². The molecule has 4 bridgehead atoms. The molecule has 4 fully saturated rings. The van der Waals surface area contributed by atoms with Gasteiger partial charge >= 0.3 is 0 Å². The molecule has 7 nitrogen and oxygen atoms in total. The van der Waals surface area contributed by atoms with Crippen LogP contribution in [0.1, 0.15) is 44.1 Å². The minimum atomic E-state index is 0.123. The van der Waals surface area contributed by atoms with Crippen molar-refractivity contribution in [3.05, 3.63) is 36.3 Å². The van der Waals surface area contributed by atoms with Crippen molar-refractivity contribution in [3.8, 4) is 0 Å². The van der Waals surface area contributed by atoms with Crippen molar-refractivity contribution in [3.63, 3.8) is 0 Å². The Labute approximate surface area is 157 Å². The summed E-state index contributed by atoms with van der Waals surface area (Å²) in [6, 6.07) is 3.98. The Morgan fingerprint density at radius 3 is 2.56 bits per heavy atom. The average molecular weight is 361 g/mol. The van der Waals surface area contributed by atoms with E-state index in [4.69, 9.17) is 4.98 Å². The highest BCUT2D eigenvalue weighted by Crippen LogP contribution is 2.58. The molecule has 0 saturated heterocycles. The molecule has 0 radical (unpaired) electrons. The van der Waals surface area contributed by atoms with Gasteiger partial charge in [-0.05, 0) is 67.9 Å². The van der Waals surface area contributed by atoms with Crippen LogP contribution in [0.5, 0.6) is 0 Å². The van der Waals surface area contributed by atoms with Gasteiger partial charge in [0.15, 0.2) is 11.2 Å². The molecule has 3 heterocycles. The van der Waals surface area contributed by atoms with E-state index in [1.165, 1.54) is 38.5 Å². The van der Waals surface area contributed by atoms with Crippen LogP contribution in [0.2, 0.25) is 0 Å². The molecule has 1 N–H and O–H groups in total. The Balaban J connectivity index is 1.33. The van der Waals surface area contributed by atoms with Crippen molar-refractivity contribution in [2.75, 3.05) is 5.32 Å². The van der Waals surface area contributed by atoms with Gasteiger partial charge in [-0.15, -0.1) is 5.10 Å². The second-order valence-electron chi connectivity index (χ2n) is 8.76.